The van der Waals surface area contributed by atoms with Crippen molar-refractivity contribution in [1.29, 1.82) is 0 Å². The molecule has 0 saturated carbocycles. The van der Waals surface area contributed by atoms with E-state index in [1.807, 2.05) is 30.3 Å². The molecule has 11 heteroatoms. The number of rotatable bonds is 12. The summed E-state index contributed by atoms with van der Waals surface area (Å²) in [4.78, 5) is 41.0. The number of amides is 3. The highest BCUT2D eigenvalue weighted by Gasteiger charge is 2.23. The lowest BCUT2D eigenvalue weighted by molar-refractivity contribution is -0.116. The summed E-state index contributed by atoms with van der Waals surface area (Å²) < 4.78 is 10.8. The molecule has 0 radical (unpaired) electrons. The standard InChI is InChI=1S/C38H31Cl2N3O5S/c1-47-29-17-13-26(34(23-29)48-2)21-33(43-36(44)25-11-7-4-8-12-25)37(45)41-28-15-18-30(19-16-28)49-35(24-9-5-3-6-10-24)38(46)42-32-22-27(39)14-20-31(32)40/h3-23,35H,1-2H3,(H,41,45)(H,42,46)(H,43,44)/b33-21-. The molecule has 0 fully saturated rings. The Morgan fingerprint density at radius 1 is 0.755 bits per heavy atom. The maximum Gasteiger partial charge on any atom is 0.272 e. The van der Waals surface area contributed by atoms with Crippen LogP contribution in [0.2, 0.25) is 10.0 Å². The predicted octanol–water partition coefficient (Wildman–Crippen LogP) is 8.89. The van der Waals surface area contributed by atoms with Crippen LogP contribution in [0.5, 0.6) is 11.5 Å². The van der Waals surface area contributed by atoms with Crippen LogP contribution in [0.25, 0.3) is 6.08 Å². The number of hydrogen-bond donors (Lipinski definition) is 3. The third kappa shape index (κ3) is 9.45. The van der Waals surface area contributed by atoms with Crippen LogP contribution in [0, 0.1) is 0 Å². The van der Waals surface area contributed by atoms with Gasteiger partial charge in [0.05, 0.1) is 24.9 Å². The van der Waals surface area contributed by atoms with Crippen molar-refractivity contribution < 1.29 is 23.9 Å². The molecule has 8 nitrogen and oxygen atoms in total. The van der Waals surface area contributed by atoms with E-state index in [1.54, 1.807) is 98.1 Å². The van der Waals surface area contributed by atoms with Crippen LogP contribution in [0.4, 0.5) is 11.4 Å². The Morgan fingerprint density at radius 2 is 1.45 bits per heavy atom. The lowest BCUT2D eigenvalue weighted by atomic mass is 10.1. The Balaban J connectivity index is 1.36. The van der Waals surface area contributed by atoms with E-state index in [1.165, 1.54) is 24.9 Å². The number of ether oxygens (including phenoxy) is 2. The first-order valence-corrected chi connectivity index (χ1v) is 16.6. The monoisotopic (exact) mass is 711 g/mol. The zero-order valence-electron chi connectivity index (χ0n) is 26.4. The third-order valence-electron chi connectivity index (χ3n) is 7.16. The number of thioether (sulfide) groups is 1. The minimum absolute atomic E-state index is 0.00346. The van der Waals surface area contributed by atoms with Crippen molar-refractivity contribution in [3.63, 3.8) is 0 Å². The lowest BCUT2D eigenvalue weighted by Gasteiger charge is -2.18. The van der Waals surface area contributed by atoms with Crippen molar-refractivity contribution in [3.05, 3.63) is 154 Å². The van der Waals surface area contributed by atoms with Gasteiger partial charge in [-0.05, 0) is 78.4 Å². The molecule has 1 unspecified atom stereocenters. The maximum absolute atomic E-state index is 13.6. The molecule has 0 aliphatic heterocycles. The molecule has 0 heterocycles. The Morgan fingerprint density at radius 3 is 2.12 bits per heavy atom. The zero-order valence-corrected chi connectivity index (χ0v) is 28.7. The summed E-state index contributed by atoms with van der Waals surface area (Å²) in [5, 5.41) is 8.67. The van der Waals surface area contributed by atoms with Gasteiger partial charge in [-0.2, -0.15) is 0 Å². The second-order valence-corrected chi connectivity index (χ2v) is 12.5. The molecule has 0 aliphatic rings. The number of halogens is 2. The van der Waals surface area contributed by atoms with E-state index in [9.17, 15) is 14.4 Å². The molecular formula is C38H31Cl2N3O5S. The summed E-state index contributed by atoms with van der Waals surface area (Å²) in [7, 11) is 3.05. The van der Waals surface area contributed by atoms with E-state index < -0.39 is 17.1 Å². The molecule has 3 amide bonds. The first kappa shape index (κ1) is 35.1. The topological polar surface area (TPSA) is 106 Å². The molecule has 0 saturated heterocycles. The second kappa shape index (κ2) is 16.7. The number of methoxy groups -OCH3 is 2. The summed E-state index contributed by atoms with van der Waals surface area (Å²) in [5.74, 6) is -0.259. The Hall–Kier alpha value is -5.22. The fraction of sp³-hybridized carbons (Fsp3) is 0.0789. The van der Waals surface area contributed by atoms with Crippen LogP contribution in [0.3, 0.4) is 0 Å². The van der Waals surface area contributed by atoms with E-state index in [-0.39, 0.29) is 11.6 Å². The summed E-state index contributed by atoms with van der Waals surface area (Å²) in [5.41, 5.74) is 2.61. The molecule has 3 N–H and O–H groups in total. The molecule has 0 aliphatic carbocycles. The SMILES string of the molecule is COc1ccc(/C=C(\NC(=O)c2ccccc2)C(=O)Nc2ccc(SC(C(=O)Nc3cc(Cl)ccc3Cl)c3ccccc3)cc2)c(OC)c1. The Bertz CT molecular complexity index is 1970. The normalized spacial score (nSPS) is 11.6. The summed E-state index contributed by atoms with van der Waals surface area (Å²) in [6.07, 6.45) is 1.54. The largest absolute Gasteiger partial charge is 0.497 e. The second-order valence-electron chi connectivity index (χ2n) is 10.5. The minimum Gasteiger partial charge on any atom is -0.497 e. The van der Waals surface area contributed by atoms with Crippen molar-refractivity contribution in [3.8, 4) is 11.5 Å². The minimum atomic E-state index is -0.626. The summed E-state index contributed by atoms with van der Waals surface area (Å²) in [6, 6.07) is 35.0. The summed E-state index contributed by atoms with van der Waals surface area (Å²) in [6.45, 7) is 0. The fourth-order valence-corrected chi connectivity index (χ4v) is 6.04. The molecule has 0 aromatic heterocycles. The van der Waals surface area contributed by atoms with Crippen molar-refractivity contribution in [2.45, 2.75) is 10.1 Å². The van der Waals surface area contributed by atoms with Gasteiger partial charge in [0.1, 0.15) is 22.4 Å². The quantitative estimate of drug-likeness (QED) is 0.0882. The van der Waals surface area contributed by atoms with Gasteiger partial charge in [-0.15, -0.1) is 11.8 Å². The molecule has 1 atom stereocenters. The van der Waals surface area contributed by atoms with Crippen molar-refractivity contribution in [2.75, 3.05) is 24.9 Å². The third-order valence-corrected chi connectivity index (χ3v) is 8.99. The Kier molecular flexibility index (Phi) is 12.0. The van der Waals surface area contributed by atoms with Crippen LogP contribution < -0.4 is 25.4 Å². The van der Waals surface area contributed by atoms with Crippen LogP contribution in [0.15, 0.2) is 132 Å². The van der Waals surface area contributed by atoms with Gasteiger partial charge in [-0.1, -0.05) is 71.7 Å². The number of carbonyl (C=O) groups excluding carboxylic acids is 3. The molecule has 5 aromatic carbocycles. The van der Waals surface area contributed by atoms with E-state index in [2.05, 4.69) is 16.0 Å². The molecule has 5 aromatic rings. The van der Waals surface area contributed by atoms with Gasteiger partial charge < -0.3 is 25.4 Å². The number of anilines is 2. The molecule has 49 heavy (non-hydrogen) atoms. The highest BCUT2D eigenvalue weighted by atomic mass is 35.5. The predicted molar refractivity (Wildman–Crippen MR) is 197 cm³/mol. The molecule has 5 rings (SSSR count). The van der Waals surface area contributed by atoms with Gasteiger partial charge in [0.25, 0.3) is 11.8 Å². The Labute approximate surface area is 298 Å². The van der Waals surface area contributed by atoms with E-state index in [4.69, 9.17) is 32.7 Å². The molecular weight excluding hydrogens is 681 g/mol. The van der Waals surface area contributed by atoms with E-state index in [0.29, 0.717) is 44.0 Å². The van der Waals surface area contributed by atoms with E-state index >= 15 is 0 Å². The maximum atomic E-state index is 13.6. The molecule has 0 bridgehead atoms. The van der Waals surface area contributed by atoms with Crippen LogP contribution in [0.1, 0.15) is 26.7 Å². The van der Waals surface area contributed by atoms with Gasteiger partial charge in [0.2, 0.25) is 5.91 Å². The van der Waals surface area contributed by atoms with Crippen LogP contribution in [-0.4, -0.2) is 31.9 Å². The number of carbonyl (C=O) groups is 3. The highest BCUT2D eigenvalue weighted by Crippen LogP contribution is 2.38. The van der Waals surface area contributed by atoms with Crippen molar-refractivity contribution >= 4 is 70.1 Å². The lowest BCUT2D eigenvalue weighted by Crippen LogP contribution is -2.30. The first-order valence-electron chi connectivity index (χ1n) is 14.9. The van der Waals surface area contributed by atoms with Crippen molar-refractivity contribution in [1.82, 2.24) is 5.32 Å². The van der Waals surface area contributed by atoms with Crippen LogP contribution in [-0.2, 0) is 9.59 Å². The van der Waals surface area contributed by atoms with E-state index in [0.717, 1.165) is 10.5 Å². The summed E-state index contributed by atoms with van der Waals surface area (Å²) >= 11 is 13.8. The number of nitrogens with one attached hydrogen (secondary N) is 3. The average molecular weight is 713 g/mol. The van der Waals surface area contributed by atoms with Crippen molar-refractivity contribution in [2.24, 2.45) is 0 Å². The fourth-order valence-electron chi connectivity index (χ4n) is 4.68. The highest BCUT2D eigenvalue weighted by molar-refractivity contribution is 8.00. The molecule has 0 spiro atoms. The van der Waals surface area contributed by atoms with Gasteiger partial charge in [0.15, 0.2) is 0 Å². The van der Waals surface area contributed by atoms with Gasteiger partial charge in [-0.3, -0.25) is 14.4 Å². The smallest absolute Gasteiger partial charge is 0.272 e. The number of benzene rings is 5. The average Bonchev–Trinajstić information content (AvgIpc) is 3.13. The first-order chi connectivity index (χ1) is 23.7. The number of hydrogen-bond acceptors (Lipinski definition) is 6. The molecule has 248 valence electrons. The van der Waals surface area contributed by atoms with Gasteiger partial charge in [0, 0.05) is 32.8 Å². The zero-order chi connectivity index (χ0) is 34.8. The van der Waals surface area contributed by atoms with Crippen LogP contribution >= 0.6 is 35.0 Å². The van der Waals surface area contributed by atoms with Gasteiger partial charge in [-0.25, -0.2) is 0 Å². The van der Waals surface area contributed by atoms with Gasteiger partial charge >= 0.3 is 0 Å².